The van der Waals surface area contributed by atoms with Gasteiger partial charge in [0.05, 0.1) is 10.5 Å². The van der Waals surface area contributed by atoms with Crippen molar-refractivity contribution in [3.05, 3.63) is 38.9 Å². The fourth-order valence-corrected chi connectivity index (χ4v) is 1.32. The van der Waals surface area contributed by atoms with E-state index in [9.17, 15) is 14.9 Å². The van der Waals surface area contributed by atoms with Crippen molar-refractivity contribution in [2.75, 3.05) is 6.61 Å². The van der Waals surface area contributed by atoms with Crippen molar-refractivity contribution in [3.63, 3.8) is 0 Å². The molecule has 0 fully saturated rings. The molecule has 0 unspecified atom stereocenters. The molecule has 6 nitrogen and oxygen atoms in total. The lowest BCUT2D eigenvalue weighted by Gasteiger charge is -2.03. The molecule has 0 heterocycles. The zero-order chi connectivity index (χ0) is 13.0. The standard InChI is InChI=1S/C11H9NO5/c1-7-9(11(14)15)5-8(3-2-4-13)6-10(7)12(16)17/h5-6,13H,4H2,1H3,(H,14,15). The number of nitro benzene ring substituents is 1. The van der Waals surface area contributed by atoms with E-state index in [0.717, 1.165) is 0 Å². The predicted octanol–water partition coefficient (Wildman–Crippen LogP) is 0.945. The maximum atomic E-state index is 10.9. The Balaban J connectivity index is 3.47. The smallest absolute Gasteiger partial charge is 0.336 e. The Labute approximate surface area is 96.7 Å². The van der Waals surface area contributed by atoms with Gasteiger partial charge in [-0.15, -0.1) is 0 Å². The zero-order valence-electron chi connectivity index (χ0n) is 8.93. The lowest BCUT2D eigenvalue weighted by atomic mass is 10.0. The number of aliphatic hydroxyl groups is 1. The van der Waals surface area contributed by atoms with Crippen molar-refractivity contribution >= 4 is 11.7 Å². The normalized spacial score (nSPS) is 9.29. The monoisotopic (exact) mass is 235 g/mol. The van der Waals surface area contributed by atoms with Gasteiger partial charge in [0, 0.05) is 17.2 Å². The second kappa shape index (κ2) is 5.09. The number of rotatable bonds is 2. The Kier molecular flexibility index (Phi) is 3.80. The highest BCUT2D eigenvalue weighted by Gasteiger charge is 2.19. The van der Waals surface area contributed by atoms with Gasteiger partial charge < -0.3 is 10.2 Å². The van der Waals surface area contributed by atoms with Gasteiger partial charge in [-0.1, -0.05) is 11.8 Å². The maximum absolute atomic E-state index is 10.9. The van der Waals surface area contributed by atoms with Crippen molar-refractivity contribution in [2.45, 2.75) is 6.92 Å². The van der Waals surface area contributed by atoms with Crippen LogP contribution in [0.1, 0.15) is 21.5 Å². The molecule has 1 aromatic rings. The van der Waals surface area contributed by atoms with Crippen molar-refractivity contribution in [2.24, 2.45) is 0 Å². The highest BCUT2D eigenvalue weighted by atomic mass is 16.6. The van der Waals surface area contributed by atoms with Crippen LogP contribution in [0.3, 0.4) is 0 Å². The molecule has 0 aliphatic carbocycles. The average Bonchev–Trinajstić information content (AvgIpc) is 2.26. The number of benzene rings is 1. The lowest BCUT2D eigenvalue weighted by molar-refractivity contribution is -0.385. The Morgan fingerprint density at radius 1 is 1.53 bits per heavy atom. The number of hydrogen-bond donors (Lipinski definition) is 2. The summed E-state index contributed by atoms with van der Waals surface area (Å²) in [7, 11) is 0. The van der Waals surface area contributed by atoms with Crippen LogP contribution in [0, 0.1) is 28.9 Å². The van der Waals surface area contributed by atoms with Crippen LogP contribution in [-0.2, 0) is 0 Å². The Morgan fingerprint density at radius 2 is 2.18 bits per heavy atom. The van der Waals surface area contributed by atoms with Crippen molar-refractivity contribution in [3.8, 4) is 11.8 Å². The quantitative estimate of drug-likeness (QED) is 0.451. The van der Waals surface area contributed by atoms with Crippen molar-refractivity contribution in [1.29, 1.82) is 0 Å². The lowest BCUT2D eigenvalue weighted by Crippen LogP contribution is -2.04. The topological polar surface area (TPSA) is 101 Å². The van der Waals surface area contributed by atoms with E-state index >= 15 is 0 Å². The highest BCUT2D eigenvalue weighted by molar-refractivity contribution is 5.91. The molecule has 0 aromatic heterocycles. The zero-order valence-corrected chi connectivity index (χ0v) is 8.93. The molecule has 2 N–H and O–H groups in total. The molecule has 0 amide bonds. The van der Waals surface area contributed by atoms with E-state index in [1.54, 1.807) is 0 Å². The van der Waals surface area contributed by atoms with Crippen LogP contribution in [0.15, 0.2) is 12.1 Å². The Bertz CT molecular complexity index is 504. The average molecular weight is 235 g/mol. The minimum Gasteiger partial charge on any atom is -0.478 e. The summed E-state index contributed by atoms with van der Waals surface area (Å²) in [5.74, 6) is 3.50. The maximum Gasteiger partial charge on any atom is 0.336 e. The summed E-state index contributed by atoms with van der Waals surface area (Å²) in [6.07, 6.45) is 0. The third-order valence-corrected chi connectivity index (χ3v) is 2.12. The van der Waals surface area contributed by atoms with Gasteiger partial charge in [0.15, 0.2) is 0 Å². The van der Waals surface area contributed by atoms with Gasteiger partial charge in [0.2, 0.25) is 0 Å². The van der Waals surface area contributed by atoms with Crippen molar-refractivity contribution < 1.29 is 19.9 Å². The summed E-state index contributed by atoms with van der Waals surface area (Å²) in [6, 6.07) is 2.43. The molecule has 0 atom stereocenters. The third-order valence-electron chi connectivity index (χ3n) is 2.12. The van der Waals surface area contributed by atoms with E-state index in [1.807, 2.05) is 0 Å². The number of carboxylic acid groups (broad SMARTS) is 1. The first-order chi connectivity index (χ1) is 7.97. The minimum absolute atomic E-state index is 0.0806. The van der Waals surface area contributed by atoms with E-state index in [0.29, 0.717) is 0 Å². The third kappa shape index (κ3) is 2.80. The van der Waals surface area contributed by atoms with Crippen LogP contribution in [0.5, 0.6) is 0 Å². The fraction of sp³-hybridized carbons (Fsp3) is 0.182. The molecule has 0 aliphatic heterocycles. The summed E-state index contributed by atoms with van der Waals surface area (Å²) >= 11 is 0. The van der Waals surface area contributed by atoms with Gasteiger partial charge >= 0.3 is 5.97 Å². The molecule has 0 saturated heterocycles. The molecule has 0 bridgehead atoms. The van der Waals surface area contributed by atoms with Crippen LogP contribution in [0.2, 0.25) is 0 Å². The first-order valence-corrected chi connectivity index (χ1v) is 4.59. The summed E-state index contributed by atoms with van der Waals surface area (Å²) in [5.41, 5.74) is -0.195. The van der Waals surface area contributed by atoms with E-state index in [4.69, 9.17) is 10.2 Å². The van der Waals surface area contributed by atoms with Gasteiger partial charge in [-0.3, -0.25) is 10.1 Å². The Morgan fingerprint density at radius 3 is 2.65 bits per heavy atom. The van der Waals surface area contributed by atoms with E-state index in [1.165, 1.54) is 19.1 Å². The second-order valence-electron chi connectivity index (χ2n) is 3.19. The van der Waals surface area contributed by atoms with Crippen LogP contribution in [0.4, 0.5) is 5.69 Å². The summed E-state index contributed by atoms with van der Waals surface area (Å²) in [4.78, 5) is 21.0. The molecule has 0 spiro atoms. The number of nitro groups is 1. The molecule has 88 valence electrons. The van der Waals surface area contributed by atoms with Gasteiger partial charge in [-0.2, -0.15) is 0 Å². The molecule has 0 saturated carbocycles. The molecule has 0 radical (unpaired) electrons. The molecular formula is C11H9NO5. The van der Waals surface area contributed by atoms with Gasteiger partial charge in [0.1, 0.15) is 6.61 Å². The fourth-order valence-electron chi connectivity index (χ4n) is 1.32. The van der Waals surface area contributed by atoms with E-state index < -0.39 is 17.5 Å². The van der Waals surface area contributed by atoms with Crippen LogP contribution >= 0.6 is 0 Å². The number of carbonyl (C=O) groups is 1. The highest BCUT2D eigenvalue weighted by Crippen LogP contribution is 2.23. The molecular weight excluding hydrogens is 226 g/mol. The van der Waals surface area contributed by atoms with Gasteiger partial charge in [0.25, 0.3) is 5.69 Å². The number of nitrogens with zero attached hydrogens (tertiary/aromatic N) is 1. The van der Waals surface area contributed by atoms with Gasteiger partial charge in [-0.25, -0.2) is 4.79 Å². The Hall–Kier alpha value is -2.39. The molecule has 6 heteroatoms. The number of carboxylic acids is 1. The van der Waals surface area contributed by atoms with Crippen LogP contribution in [-0.4, -0.2) is 27.7 Å². The van der Waals surface area contributed by atoms with E-state index in [2.05, 4.69) is 11.8 Å². The van der Waals surface area contributed by atoms with Gasteiger partial charge in [-0.05, 0) is 13.0 Å². The SMILES string of the molecule is Cc1c(C(=O)O)cc(C#CCO)cc1[N+](=O)[O-]. The predicted molar refractivity (Wildman–Crippen MR) is 58.8 cm³/mol. The summed E-state index contributed by atoms with van der Waals surface area (Å²) < 4.78 is 0. The number of aliphatic hydroxyl groups excluding tert-OH is 1. The number of aromatic carboxylic acids is 1. The van der Waals surface area contributed by atoms with Crippen molar-refractivity contribution in [1.82, 2.24) is 0 Å². The largest absolute Gasteiger partial charge is 0.478 e. The van der Waals surface area contributed by atoms with Crippen LogP contribution in [0.25, 0.3) is 0 Å². The number of hydrogen-bond acceptors (Lipinski definition) is 4. The first kappa shape index (κ1) is 12.7. The second-order valence-corrected chi connectivity index (χ2v) is 3.19. The summed E-state index contributed by atoms with van der Waals surface area (Å²) in [6.45, 7) is 0.967. The molecule has 17 heavy (non-hydrogen) atoms. The summed E-state index contributed by atoms with van der Waals surface area (Å²) in [5, 5.41) is 28.2. The van der Waals surface area contributed by atoms with E-state index in [-0.39, 0.29) is 22.4 Å². The first-order valence-electron chi connectivity index (χ1n) is 4.59. The molecule has 1 aromatic carbocycles. The minimum atomic E-state index is -1.25. The molecule has 1 rings (SSSR count). The van der Waals surface area contributed by atoms with Crippen LogP contribution < -0.4 is 0 Å². The molecule has 0 aliphatic rings.